The summed E-state index contributed by atoms with van der Waals surface area (Å²) in [4.78, 5) is 36.8. The topological polar surface area (TPSA) is 171 Å². The van der Waals surface area contributed by atoms with Crippen LogP contribution in [-0.4, -0.2) is 68.0 Å². The summed E-state index contributed by atoms with van der Waals surface area (Å²) >= 11 is 0. The van der Waals surface area contributed by atoms with Gasteiger partial charge in [0.2, 0.25) is 0 Å². The molecular formula is C12H16N2O9. The molecule has 5 N–H and O–H groups in total. The van der Waals surface area contributed by atoms with Crippen molar-refractivity contribution >= 4 is 5.97 Å². The van der Waals surface area contributed by atoms with E-state index in [1.54, 1.807) is 0 Å². The Morgan fingerprint density at radius 3 is 2.61 bits per heavy atom. The van der Waals surface area contributed by atoms with E-state index in [0.29, 0.717) is 4.57 Å². The summed E-state index contributed by atoms with van der Waals surface area (Å²) in [6.45, 7) is -0.607. The molecule has 11 heteroatoms. The number of carbonyl (C=O) groups excluding carboxylic acids is 1. The zero-order chi connectivity index (χ0) is 17.3. The first-order valence-corrected chi connectivity index (χ1v) is 6.55. The third kappa shape index (κ3) is 3.04. The van der Waals surface area contributed by atoms with E-state index in [-0.39, 0.29) is 0 Å². The van der Waals surface area contributed by atoms with E-state index < -0.39 is 60.0 Å². The van der Waals surface area contributed by atoms with Crippen LogP contribution in [0.5, 0.6) is 0 Å². The van der Waals surface area contributed by atoms with Crippen molar-refractivity contribution in [3.05, 3.63) is 32.6 Å². The molecule has 11 nitrogen and oxygen atoms in total. The van der Waals surface area contributed by atoms with Crippen molar-refractivity contribution in [3.8, 4) is 0 Å². The maximum absolute atomic E-state index is 11.9. The minimum absolute atomic E-state index is 0.505. The van der Waals surface area contributed by atoms with Crippen LogP contribution < -0.4 is 11.2 Å². The molecule has 1 aliphatic heterocycles. The Labute approximate surface area is 128 Å². The van der Waals surface area contributed by atoms with Gasteiger partial charge in [0.05, 0.1) is 19.3 Å². The predicted octanol–water partition coefficient (Wildman–Crippen LogP) is -3.65. The molecule has 5 atom stereocenters. The summed E-state index contributed by atoms with van der Waals surface area (Å²) in [6, 6.07) is 0. The van der Waals surface area contributed by atoms with Gasteiger partial charge in [0.1, 0.15) is 18.3 Å². The summed E-state index contributed by atoms with van der Waals surface area (Å²) in [6.07, 6.45) is -6.72. The van der Waals surface area contributed by atoms with Crippen molar-refractivity contribution in [2.24, 2.45) is 0 Å². The molecule has 128 valence electrons. The monoisotopic (exact) mass is 332 g/mol. The molecular weight excluding hydrogens is 316 g/mol. The Bertz CT molecular complexity index is 697. The van der Waals surface area contributed by atoms with Crippen LogP contribution in [0.25, 0.3) is 0 Å². The molecule has 0 radical (unpaired) electrons. The number of methoxy groups -OCH3 is 1. The van der Waals surface area contributed by atoms with Gasteiger partial charge in [-0.1, -0.05) is 0 Å². The highest BCUT2D eigenvalue weighted by Crippen LogP contribution is 2.28. The van der Waals surface area contributed by atoms with Gasteiger partial charge in [-0.25, -0.2) is 9.59 Å². The van der Waals surface area contributed by atoms with Crippen molar-refractivity contribution < 1.29 is 34.7 Å². The van der Waals surface area contributed by atoms with Crippen molar-refractivity contribution in [1.29, 1.82) is 0 Å². The summed E-state index contributed by atoms with van der Waals surface area (Å²) in [5.41, 5.74) is -2.52. The Balaban J connectivity index is 2.46. The predicted molar refractivity (Wildman–Crippen MR) is 71.3 cm³/mol. The van der Waals surface area contributed by atoms with E-state index in [9.17, 15) is 29.7 Å². The fraction of sp³-hybridized carbons (Fsp3) is 0.583. The van der Waals surface area contributed by atoms with E-state index in [0.717, 1.165) is 13.3 Å². The molecule has 23 heavy (non-hydrogen) atoms. The lowest BCUT2D eigenvalue weighted by atomic mass is 10.1. The van der Waals surface area contributed by atoms with Crippen LogP contribution in [0.1, 0.15) is 17.9 Å². The van der Waals surface area contributed by atoms with Crippen LogP contribution in [0.2, 0.25) is 0 Å². The number of aromatic amines is 1. The molecule has 2 unspecified atom stereocenters. The number of aliphatic hydroxyl groups excluding tert-OH is 4. The number of esters is 1. The van der Waals surface area contributed by atoms with Gasteiger partial charge in [-0.2, -0.15) is 0 Å². The van der Waals surface area contributed by atoms with E-state index in [1.807, 2.05) is 4.98 Å². The lowest BCUT2D eigenvalue weighted by Gasteiger charge is -2.18. The number of aromatic nitrogens is 2. The first-order chi connectivity index (χ1) is 10.8. The van der Waals surface area contributed by atoms with Crippen LogP contribution in [0.3, 0.4) is 0 Å². The van der Waals surface area contributed by atoms with Crippen molar-refractivity contribution in [1.82, 2.24) is 9.55 Å². The average molecular weight is 332 g/mol. The molecule has 0 aliphatic carbocycles. The maximum atomic E-state index is 11.9. The second-order valence-electron chi connectivity index (χ2n) is 4.91. The molecule has 0 saturated carbocycles. The molecule has 0 bridgehead atoms. The van der Waals surface area contributed by atoms with Gasteiger partial charge in [0, 0.05) is 6.20 Å². The largest absolute Gasteiger partial charge is 0.467 e. The minimum Gasteiger partial charge on any atom is -0.467 e. The SMILES string of the molecule is COC(=O)C(O)c1cn([C@@H]2O[C@H](CO)[C@H](O)C2O)c(=O)[nH]c1=O. The molecule has 0 aromatic carbocycles. The number of hydrogen-bond acceptors (Lipinski definition) is 9. The van der Waals surface area contributed by atoms with Crippen molar-refractivity contribution in [3.63, 3.8) is 0 Å². The van der Waals surface area contributed by atoms with E-state index >= 15 is 0 Å². The Kier molecular flexibility index (Phi) is 4.97. The maximum Gasteiger partial charge on any atom is 0.339 e. The molecule has 1 aliphatic rings. The molecule has 1 aromatic rings. The molecule has 2 heterocycles. The van der Waals surface area contributed by atoms with Gasteiger partial charge < -0.3 is 29.9 Å². The van der Waals surface area contributed by atoms with Gasteiger partial charge in [0.25, 0.3) is 5.56 Å². The molecule has 1 saturated heterocycles. The summed E-state index contributed by atoms with van der Waals surface area (Å²) in [7, 11) is 1.00. The zero-order valence-electron chi connectivity index (χ0n) is 11.9. The Hall–Kier alpha value is -2.05. The third-order valence-corrected chi connectivity index (χ3v) is 3.51. The number of nitrogens with zero attached hydrogens (tertiary/aromatic N) is 1. The molecule has 1 fully saturated rings. The minimum atomic E-state index is -1.95. The number of hydrogen-bond donors (Lipinski definition) is 5. The van der Waals surface area contributed by atoms with Crippen molar-refractivity contribution in [2.75, 3.05) is 13.7 Å². The number of rotatable bonds is 4. The molecule has 2 rings (SSSR count). The van der Waals surface area contributed by atoms with Gasteiger partial charge in [0.15, 0.2) is 12.3 Å². The van der Waals surface area contributed by atoms with Crippen LogP contribution in [0.15, 0.2) is 15.8 Å². The number of aliphatic hydroxyl groups is 4. The molecule has 0 spiro atoms. The lowest BCUT2D eigenvalue weighted by Crippen LogP contribution is -2.39. The van der Waals surface area contributed by atoms with Crippen LogP contribution in [-0.2, 0) is 14.3 Å². The van der Waals surface area contributed by atoms with E-state index in [2.05, 4.69) is 4.74 Å². The second kappa shape index (κ2) is 6.60. The van der Waals surface area contributed by atoms with Gasteiger partial charge >= 0.3 is 11.7 Å². The van der Waals surface area contributed by atoms with Crippen LogP contribution in [0, 0.1) is 0 Å². The number of carbonyl (C=O) groups is 1. The number of ether oxygens (including phenoxy) is 2. The normalized spacial score (nSPS) is 28.6. The van der Waals surface area contributed by atoms with Crippen LogP contribution in [0.4, 0.5) is 0 Å². The second-order valence-corrected chi connectivity index (χ2v) is 4.91. The third-order valence-electron chi connectivity index (χ3n) is 3.51. The highest BCUT2D eigenvalue weighted by atomic mass is 16.6. The lowest BCUT2D eigenvalue weighted by molar-refractivity contribution is -0.150. The highest BCUT2D eigenvalue weighted by molar-refractivity contribution is 5.75. The van der Waals surface area contributed by atoms with E-state index in [4.69, 9.17) is 9.84 Å². The Morgan fingerprint density at radius 2 is 2.09 bits per heavy atom. The first kappa shape index (κ1) is 17.3. The number of nitrogens with one attached hydrogen (secondary N) is 1. The summed E-state index contributed by atoms with van der Waals surface area (Å²) in [5.74, 6) is -1.12. The molecule has 0 amide bonds. The average Bonchev–Trinajstić information content (AvgIpc) is 2.81. The quantitative estimate of drug-likeness (QED) is 0.349. The van der Waals surface area contributed by atoms with Gasteiger partial charge in [-0.3, -0.25) is 14.3 Å². The zero-order valence-corrected chi connectivity index (χ0v) is 11.9. The standard InChI is InChI=1S/C12H16N2O9/c1-22-11(20)6(16)4-2-14(12(21)13-9(4)19)10-8(18)7(17)5(3-15)23-10/h2,5-8,10,15-18H,3H2,1H3,(H,13,19,21)/t5-,6?,7+,8?,10-/m1/s1. The van der Waals surface area contributed by atoms with Crippen molar-refractivity contribution in [2.45, 2.75) is 30.6 Å². The first-order valence-electron chi connectivity index (χ1n) is 6.55. The fourth-order valence-electron chi connectivity index (χ4n) is 2.23. The number of H-pyrrole nitrogens is 1. The smallest absolute Gasteiger partial charge is 0.339 e. The Morgan fingerprint density at radius 1 is 1.43 bits per heavy atom. The van der Waals surface area contributed by atoms with Crippen LogP contribution >= 0.6 is 0 Å². The van der Waals surface area contributed by atoms with Gasteiger partial charge in [-0.05, 0) is 0 Å². The van der Waals surface area contributed by atoms with E-state index in [1.165, 1.54) is 0 Å². The highest BCUT2D eigenvalue weighted by Gasteiger charge is 2.44. The summed E-state index contributed by atoms with van der Waals surface area (Å²) < 4.78 is 10.2. The fourth-order valence-corrected chi connectivity index (χ4v) is 2.23. The van der Waals surface area contributed by atoms with Gasteiger partial charge in [-0.15, -0.1) is 0 Å². The summed E-state index contributed by atoms with van der Waals surface area (Å²) in [5, 5.41) is 38.4. The molecule has 1 aromatic heterocycles.